The maximum Gasteiger partial charge on any atom is 0.223 e. The lowest BCUT2D eigenvalue weighted by Gasteiger charge is -2.43. The Bertz CT molecular complexity index is 228. The van der Waals surface area contributed by atoms with Crippen molar-refractivity contribution in [2.24, 2.45) is 17.1 Å². The lowest BCUT2D eigenvalue weighted by atomic mass is 9.62. The zero-order chi connectivity index (χ0) is 10.7. The second-order valence-electron chi connectivity index (χ2n) is 5.11. The van der Waals surface area contributed by atoms with E-state index in [1.807, 2.05) is 0 Å². The van der Waals surface area contributed by atoms with Gasteiger partial charge in [0.15, 0.2) is 0 Å². The molecule has 0 unspecified atom stereocenters. The van der Waals surface area contributed by atoms with Gasteiger partial charge in [-0.3, -0.25) is 4.79 Å². The van der Waals surface area contributed by atoms with Crippen molar-refractivity contribution in [1.82, 2.24) is 5.32 Å². The minimum atomic E-state index is -0.152. The summed E-state index contributed by atoms with van der Waals surface area (Å²) in [4.78, 5) is 11.8. The first-order chi connectivity index (χ1) is 7.26. The molecule has 0 aromatic carbocycles. The molecule has 3 N–H and O–H groups in total. The summed E-state index contributed by atoms with van der Waals surface area (Å²) in [6.45, 7) is 2.11. The molecule has 1 amide bonds. The summed E-state index contributed by atoms with van der Waals surface area (Å²) in [5.74, 6) is 0.505. The molecule has 1 aliphatic carbocycles. The Balaban J connectivity index is 2.12. The van der Waals surface area contributed by atoms with Gasteiger partial charge in [0.1, 0.15) is 0 Å². The monoisotopic (exact) mass is 210 g/mol. The van der Waals surface area contributed by atoms with E-state index in [1.165, 1.54) is 19.3 Å². The van der Waals surface area contributed by atoms with Crippen molar-refractivity contribution in [3.63, 3.8) is 0 Å². The highest BCUT2D eigenvalue weighted by Gasteiger charge is 2.44. The number of piperidine rings is 1. The zero-order valence-electron chi connectivity index (χ0n) is 9.43. The third kappa shape index (κ3) is 2.03. The van der Waals surface area contributed by atoms with Crippen LogP contribution >= 0.6 is 0 Å². The van der Waals surface area contributed by atoms with Gasteiger partial charge in [-0.15, -0.1) is 0 Å². The number of nitrogens with two attached hydrogens (primary N) is 1. The van der Waals surface area contributed by atoms with Crippen LogP contribution in [0.15, 0.2) is 0 Å². The molecule has 0 aromatic heterocycles. The van der Waals surface area contributed by atoms with Crippen molar-refractivity contribution >= 4 is 5.91 Å². The Morgan fingerprint density at radius 2 is 1.73 bits per heavy atom. The van der Waals surface area contributed by atoms with Crippen LogP contribution in [0.5, 0.6) is 0 Å². The van der Waals surface area contributed by atoms with Crippen molar-refractivity contribution in [2.45, 2.75) is 44.9 Å². The lowest BCUT2D eigenvalue weighted by Crippen LogP contribution is -2.48. The fraction of sp³-hybridized carbons (Fsp3) is 0.917. The number of carbonyl (C=O) groups excluding carboxylic acids is 1. The van der Waals surface area contributed by atoms with E-state index < -0.39 is 0 Å². The van der Waals surface area contributed by atoms with Crippen molar-refractivity contribution < 1.29 is 4.79 Å². The van der Waals surface area contributed by atoms with Crippen LogP contribution in [-0.2, 0) is 4.79 Å². The van der Waals surface area contributed by atoms with Gasteiger partial charge in [-0.1, -0.05) is 19.3 Å². The second-order valence-corrected chi connectivity index (χ2v) is 5.11. The molecule has 0 spiro atoms. The van der Waals surface area contributed by atoms with Crippen LogP contribution in [0.4, 0.5) is 0 Å². The predicted molar refractivity (Wildman–Crippen MR) is 60.3 cm³/mol. The summed E-state index contributed by atoms with van der Waals surface area (Å²) in [6.07, 6.45) is 7.98. The maximum absolute atomic E-state index is 11.8. The average molecular weight is 210 g/mol. The molecule has 2 rings (SSSR count). The first-order valence-corrected chi connectivity index (χ1v) is 6.26. The van der Waals surface area contributed by atoms with Gasteiger partial charge in [-0.2, -0.15) is 0 Å². The fourth-order valence-electron chi connectivity index (χ4n) is 3.41. The Morgan fingerprint density at radius 1 is 1.13 bits per heavy atom. The summed E-state index contributed by atoms with van der Waals surface area (Å²) in [7, 11) is 0. The summed E-state index contributed by atoms with van der Waals surface area (Å²) in [6, 6.07) is 0. The SMILES string of the molecule is NC(=O)C1(C2CCNCC2)CCCCC1. The quantitative estimate of drug-likeness (QED) is 0.724. The summed E-state index contributed by atoms with van der Waals surface area (Å²) in [5.41, 5.74) is 5.52. The van der Waals surface area contributed by atoms with Gasteiger partial charge in [-0.05, 0) is 44.7 Å². The molecule has 0 bridgehead atoms. The smallest absolute Gasteiger partial charge is 0.223 e. The van der Waals surface area contributed by atoms with Gasteiger partial charge < -0.3 is 11.1 Å². The van der Waals surface area contributed by atoms with Crippen molar-refractivity contribution in [3.05, 3.63) is 0 Å². The summed E-state index contributed by atoms with van der Waals surface area (Å²) >= 11 is 0. The van der Waals surface area contributed by atoms with E-state index in [2.05, 4.69) is 5.32 Å². The molecular weight excluding hydrogens is 188 g/mol. The van der Waals surface area contributed by atoms with Crippen LogP contribution < -0.4 is 11.1 Å². The molecule has 1 heterocycles. The van der Waals surface area contributed by atoms with E-state index in [0.29, 0.717) is 5.92 Å². The number of rotatable bonds is 2. The number of amides is 1. The van der Waals surface area contributed by atoms with E-state index in [4.69, 9.17) is 5.73 Å². The Kier molecular flexibility index (Phi) is 3.29. The predicted octanol–water partition coefficient (Wildman–Crippen LogP) is 1.42. The topological polar surface area (TPSA) is 55.1 Å². The molecule has 2 fully saturated rings. The number of hydrogen-bond donors (Lipinski definition) is 2. The Hall–Kier alpha value is -0.570. The molecule has 2 aliphatic rings. The van der Waals surface area contributed by atoms with Gasteiger partial charge in [0.25, 0.3) is 0 Å². The van der Waals surface area contributed by atoms with Gasteiger partial charge in [0, 0.05) is 0 Å². The number of nitrogens with one attached hydrogen (secondary N) is 1. The van der Waals surface area contributed by atoms with E-state index in [-0.39, 0.29) is 11.3 Å². The van der Waals surface area contributed by atoms with Crippen LogP contribution in [0, 0.1) is 11.3 Å². The third-order valence-corrected chi connectivity index (χ3v) is 4.36. The maximum atomic E-state index is 11.8. The molecule has 0 radical (unpaired) electrons. The van der Waals surface area contributed by atoms with Gasteiger partial charge in [-0.25, -0.2) is 0 Å². The fourth-order valence-corrected chi connectivity index (χ4v) is 3.41. The Morgan fingerprint density at radius 3 is 2.27 bits per heavy atom. The highest BCUT2D eigenvalue weighted by Crippen LogP contribution is 2.45. The van der Waals surface area contributed by atoms with Crippen LogP contribution in [0.3, 0.4) is 0 Å². The molecule has 3 nitrogen and oxygen atoms in total. The highest BCUT2D eigenvalue weighted by molar-refractivity contribution is 5.81. The molecule has 0 aromatic rings. The zero-order valence-corrected chi connectivity index (χ0v) is 9.43. The van der Waals surface area contributed by atoms with Crippen LogP contribution in [0.25, 0.3) is 0 Å². The van der Waals surface area contributed by atoms with Crippen molar-refractivity contribution in [3.8, 4) is 0 Å². The summed E-state index contributed by atoms with van der Waals surface area (Å²) < 4.78 is 0. The molecule has 0 atom stereocenters. The van der Waals surface area contributed by atoms with Gasteiger partial charge >= 0.3 is 0 Å². The number of hydrogen-bond acceptors (Lipinski definition) is 2. The third-order valence-electron chi connectivity index (χ3n) is 4.36. The Labute approximate surface area is 91.8 Å². The molecule has 1 saturated carbocycles. The number of carbonyl (C=O) groups is 1. The molecular formula is C12H22N2O. The van der Waals surface area contributed by atoms with Crippen LogP contribution in [0.2, 0.25) is 0 Å². The molecule has 1 saturated heterocycles. The normalized spacial score (nSPS) is 27.5. The minimum absolute atomic E-state index is 0.0332. The summed E-state index contributed by atoms with van der Waals surface area (Å²) in [5, 5.41) is 3.36. The standard InChI is InChI=1S/C12H22N2O/c13-11(15)12(6-2-1-3-7-12)10-4-8-14-9-5-10/h10,14H,1-9H2,(H2,13,15). The molecule has 15 heavy (non-hydrogen) atoms. The van der Waals surface area contributed by atoms with Crippen molar-refractivity contribution in [1.29, 1.82) is 0 Å². The first kappa shape index (κ1) is 10.9. The first-order valence-electron chi connectivity index (χ1n) is 6.26. The second kappa shape index (κ2) is 4.52. The number of primary amides is 1. The van der Waals surface area contributed by atoms with Gasteiger partial charge in [0.05, 0.1) is 5.41 Å². The van der Waals surface area contributed by atoms with Gasteiger partial charge in [0.2, 0.25) is 5.91 Å². The van der Waals surface area contributed by atoms with Crippen molar-refractivity contribution in [2.75, 3.05) is 13.1 Å². The highest BCUT2D eigenvalue weighted by atomic mass is 16.1. The largest absolute Gasteiger partial charge is 0.369 e. The molecule has 1 aliphatic heterocycles. The average Bonchev–Trinajstić information content (AvgIpc) is 2.31. The van der Waals surface area contributed by atoms with E-state index in [1.54, 1.807) is 0 Å². The minimum Gasteiger partial charge on any atom is -0.369 e. The van der Waals surface area contributed by atoms with Crippen LogP contribution in [0.1, 0.15) is 44.9 Å². The lowest BCUT2D eigenvalue weighted by molar-refractivity contribution is -0.134. The van der Waals surface area contributed by atoms with E-state index in [0.717, 1.165) is 38.8 Å². The van der Waals surface area contributed by atoms with Crippen LogP contribution in [-0.4, -0.2) is 19.0 Å². The van der Waals surface area contributed by atoms with E-state index >= 15 is 0 Å². The molecule has 3 heteroatoms. The van der Waals surface area contributed by atoms with E-state index in [9.17, 15) is 4.79 Å². The molecule has 86 valence electrons.